The summed E-state index contributed by atoms with van der Waals surface area (Å²) >= 11 is 0. The molecule has 4 rings (SSSR count). The highest BCUT2D eigenvalue weighted by molar-refractivity contribution is 5.84. The van der Waals surface area contributed by atoms with Gasteiger partial charge in [0.25, 0.3) is 0 Å². The van der Waals surface area contributed by atoms with Crippen LogP contribution in [0.4, 0.5) is 4.39 Å². The number of nitrogens with zero attached hydrogens (tertiary/aromatic N) is 1. The van der Waals surface area contributed by atoms with Gasteiger partial charge in [-0.2, -0.15) is 0 Å². The van der Waals surface area contributed by atoms with Crippen LogP contribution in [0.3, 0.4) is 0 Å². The number of amides is 2. The van der Waals surface area contributed by atoms with Crippen LogP contribution in [0.25, 0.3) is 11.1 Å². The molecule has 29 heavy (non-hydrogen) atoms. The summed E-state index contributed by atoms with van der Waals surface area (Å²) < 4.78 is 14.0. The second kappa shape index (κ2) is 7.97. The Kier molecular flexibility index (Phi) is 5.39. The lowest BCUT2D eigenvalue weighted by Gasteiger charge is -2.43. The van der Waals surface area contributed by atoms with Crippen LogP contribution in [0.5, 0.6) is 0 Å². The van der Waals surface area contributed by atoms with Gasteiger partial charge in [-0.3, -0.25) is 9.59 Å². The van der Waals surface area contributed by atoms with E-state index in [-0.39, 0.29) is 23.5 Å². The Morgan fingerprint density at radius 3 is 2.41 bits per heavy atom. The molecule has 0 spiro atoms. The predicted molar refractivity (Wildman–Crippen MR) is 110 cm³/mol. The second-order valence-corrected chi connectivity index (χ2v) is 8.49. The van der Waals surface area contributed by atoms with Gasteiger partial charge in [0.05, 0.1) is 5.41 Å². The number of carbonyl (C=O) groups excluding carboxylic acids is 2. The molecule has 1 saturated heterocycles. The summed E-state index contributed by atoms with van der Waals surface area (Å²) in [6, 6.07) is 14.3. The number of hydrogen-bond donors (Lipinski definition) is 1. The van der Waals surface area contributed by atoms with Crippen molar-refractivity contribution in [2.75, 3.05) is 13.1 Å². The first kappa shape index (κ1) is 19.6. The molecule has 2 aliphatic rings. The molecule has 1 heterocycles. The molecule has 2 aromatic rings. The quantitative estimate of drug-likeness (QED) is 0.835. The van der Waals surface area contributed by atoms with Gasteiger partial charge in [0, 0.05) is 24.6 Å². The van der Waals surface area contributed by atoms with Crippen LogP contribution in [-0.4, -0.2) is 29.8 Å². The molecule has 2 fully saturated rings. The summed E-state index contributed by atoms with van der Waals surface area (Å²) in [6.07, 6.45) is 4.99. The maximum Gasteiger partial charge on any atom is 0.225 e. The molecule has 5 heteroatoms. The highest BCUT2D eigenvalue weighted by Gasteiger charge is 2.43. The minimum absolute atomic E-state index is 0.124. The van der Waals surface area contributed by atoms with E-state index < -0.39 is 5.41 Å². The molecule has 2 N–H and O–H groups in total. The van der Waals surface area contributed by atoms with Gasteiger partial charge in [-0.15, -0.1) is 0 Å². The van der Waals surface area contributed by atoms with Crippen molar-refractivity contribution in [2.45, 2.75) is 38.5 Å². The van der Waals surface area contributed by atoms with E-state index in [0.717, 1.165) is 36.8 Å². The van der Waals surface area contributed by atoms with E-state index >= 15 is 0 Å². The zero-order chi connectivity index (χ0) is 20.4. The number of hydrogen-bond acceptors (Lipinski definition) is 2. The van der Waals surface area contributed by atoms with Crippen molar-refractivity contribution in [1.82, 2.24) is 4.90 Å². The molecule has 0 unspecified atom stereocenters. The Labute approximate surface area is 170 Å². The fraction of sp³-hybridized carbons (Fsp3) is 0.417. The number of piperidine rings is 1. The van der Waals surface area contributed by atoms with E-state index in [1.807, 2.05) is 35.2 Å². The highest BCUT2D eigenvalue weighted by Crippen LogP contribution is 2.37. The maximum atomic E-state index is 14.0. The third-order valence-corrected chi connectivity index (χ3v) is 6.55. The minimum atomic E-state index is -0.739. The van der Waals surface area contributed by atoms with Gasteiger partial charge < -0.3 is 10.6 Å². The molecular weight excluding hydrogens is 367 g/mol. The Balaban J connectivity index is 1.53. The average Bonchev–Trinajstić information content (AvgIpc) is 2.68. The van der Waals surface area contributed by atoms with Crippen molar-refractivity contribution in [3.05, 3.63) is 59.9 Å². The van der Waals surface area contributed by atoms with E-state index in [4.69, 9.17) is 5.73 Å². The van der Waals surface area contributed by atoms with Gasteiger partial charge in [-0.1, -0.05) is 48.9 Å². The van der Waals surface area contributed by atoms with Crippen LogP contribution in [-0.2, 0) is 16.0 Å². The summed E-state index contributed by atoms with van der Waals surface area (Å²) in [5.41, 5.74) is 7.44. The monoisotopic (exact) mass is 394 g/mol. The average molecular weight is 394 g/mol. The molecular formula is C24H27FN2O2. The van der Waals surface area contributed by atoms with Gasteiger partial charge >= 0.3 is 0 Å². The second-order valence-electron chi connectivity index (χ2n) is 8.49. The molecule has 2 amide bonds. The Hall–Kier alpha value is -2.69. The van der Waals surface area contributed by atoms with Crippen molar-refractivity contribution in [2.24, 2.45) is 17.1 Å². The highest BCUT2D eigenvalue weighted by atomic mass is 19.1. The van der Waals surface area contributed by atoms with Crippen LogP contribution < -0.4 is 5.73 Å². The molecule has 1 atom stereocenters. The summed E-state index contributed by atoms with van der Waals surface area (Å²) in [5, 5.41) is 0. The summed E-state index contributed by atoms with van der Waals surface area (Å²) in [7, 11) is 0. The molecule has 1 aliphatic carbocycles. The van der Waals surface area contributed by atoms with Crippen LogP contribution >= 0.6 is 0 Å². The normalized spacial score (nSPS) is 22.2. The van der Waals surface area contributed by atoms with Crippen LogP contribution in [0.1, 0.15) is 37.7 Å². The Bertz CT molecular complexity index is 907. The first-order chi connectivity index (χ1) is 14.0. The van der Waals surface area contributed by atoms with E-state index in [0.29, 0.717) is 31.5 Å². The third-order valence-electron chi connectivity index (χ3n) is 6.55. The van der Waals surface area contributed by atoms with Gasteiger partial charge in [0.15, 0.2) is 0 Å². The van der Waals surface area contributed by atoms with Crippen LogP contribution in [0.2, 0.25) is 0 Å². The van der Waals surface area contributed by atoms with Crippen molar-refractivity contribution in [3.8, 4) is 11.1 Å². The van der Waals surface area contributed by atoms with Gasteiger partial charge in [0.2, 0.25) is 11.8 Å². The molecule has 1 saturated carbocycles. The lowest BCUT2D eigenvalue weighted by atomic mass is 9.73. The molecule has 0 bridgehead atoms. The van der Waals surface area contributed by atoms with Crippen molar-refractivity contribution in [3.63, 3.8) is 0 Å². The predicted octanol–water partition coefficient (Wildman–Crippen LogP) is 3.93. The number of benzene rings is 2. The van der Waals surface area contributed by atoms with Gasteiger partial charge in [-0.25, -0.2) is 4.39 Å². The third kappa shape index (κ3) is 3.91. The summed E-state index contributed by atoms with van der Waals surface area (Å²) in [4.78, 5) is 27.0. The van der Waals surface area contributed by atoms with Gasteiger partial charge in [-0.05, 0) is 49.3 Å². The van der Waals surface area contributed by atoms with Gasteiger partial charge in [0.1, 0.15) is 5.82 Å². The van der Waals surface area contributed by atoms with E-state index in [1.54, 1.807) is 12.1 Å². The molecule has 0 aromatic heterocycles. The van der Waals surface area contributed by atoms with Crippen molar-refractivity contribution in [1.29, 1.82) is 0 Å². The summed E-state index contributed by atoms with van der Waals surface area (Å²) in [5.74, 6) is -0.303. The number of primary amides is 1. The lowest BCUT2D eigenvalue weighted by Crippen LogP contribution is -2.54. The standard InChI is InChI=1S/C24H27FN2O2/c25-21-8-2-1-7-20(21)18-11-9-17(10-12-18)15-24(23(26)29)13-4-14-27(16-24)22(28)19-5-3-6-19/h1-2,7-12,19H,3-6,13-16H2,(H2,26,29)/t24-/m0/s1. The number of rotatable bonds is 5. The van der Waals surface area contributed by atoms with Crippen molar-refractivity contribution < 1.29 is 14.0 Å². The van der Waals surface area contributed by atoms with Crippen LogP contribution in [0.15, 0.2) is 48.5 Å². The van der Waals surface area contributed by atoms with Crippen LogP contribution in [0, 0.1) is 17.2 Å². The van der Waals surface area contributed by atoms with Crippen molar-refractivity contribution >= 4 is 11.8 Å². The lowest BCUT2D eigenvalue weighted by molar-refractivity contribution is -0.145. The SMILES string of the molecule is NC(=O)[C@]1(Cc2ccc(-c3ccccc3F)cc2)CCCN(C(=O)C2CCC2)C1. The zero-order valence-corrected chi connectivity index (χ0v) is 16.6. The largest absolute Gasteiger partial charge is 0.369 e. The number of halogens is 1. The fourth-order valence-corrected chi connectivity index (χ4v) is 4.55. The fourth-order valence-electron chi connectivity index (χ4n) is 4.55. The first-order valence-corrected chi connectivity index (χ1v) is 10.4. The smallest absolute Gasteiger partial charge is 0.225 e. The van der Waals surface area contributed by atoms with E-state index in [9.17, 15) is 14.0 Å². The van der Waals surface area contributed by atoms with E-state index in [2.05, 4.69) is 0 Å². The number of carbonyl (C=O) groups is 2. The molecule has 4 nitrogen and oxygen atoms in total. The topological polar surface area (TPSA) is 63.4 Å². The number of likely N-dealkylation sites (tertiary alicyclic amines) is 1. The maximum absolute atomic E-state index is 14.0. The summed E-state index contributed by atoms with van der Waals surface area (Å²) in [6.45, 7) is 1.10. The molecule has 2 aromatic carbocycles. The minimum Gasteiger partial charge on any atom is -0.369 e. The molecule has 152 valence electrons. The number of nitrogens with two attached hydrogens (primary N) is 1. The zero-order valence-electron chi connectivity index (χ0n) is 16.6. The molecule has 0 radical (unpaired) electrons. The first-order valence-electron chi connectivity index (χ1n) is 10.4. The Morgan fingerprint density at radius 2 is 1.79 bits per heavy atom. The van der Waals surface area contributed by atoms with E-state index in [1.165, 1.54) is 6.07 Å². The molecule has 1 aliphatic heterocycles. The Morgan fingerprint density at radius 1 is 1.07 bits per heavy atom.